The van der Waals surface area contributed by atoms with Crippen molar-refractivity contribution >= 4 is 43.9 Å². The van der Waals surface area contributed by atoms with E-state index in [9.17, 15) is 18.0 Å². The summed E-state index contributed by atoms with van der Waals surface area (Å²) in [6, 6.07) is 12.7. The molecule has 3 heterocycles. The molecule has 5 aromatic rings. The molecule has 50 heavy (non-hydrogen) atoms. The number of hydrogen-bond acceptors (Lipinski definition) is 10. The van der Waals surface area contributed by atoms with E-state index in [-0.39, 0.29) is 41.4 Å². The lowest BCUT2D eigenvalue weighted by molar-refractivity contribution is -0.0542. The molecular weight excluding hydrogens is 693 g/mol. The molecule has 1 aliphatic heterocycles. The van der Waals surface area contributed by atoms with Crippen molar-refractivity contribution in [2.24, 2.45) is 0 Å². The predicted molar refractivity (Wildman–Crippen MR) is 182 cm³/mol. The van der Waals surface area contributed by atoms with Crippen molar-refractivity contribution < 1.29 is 35.9 Å². The van der Waals surface area contributed by atoms with Gasteiger partial charge in [0, 0.05) is 23.7 Å². The zero-order valence-electron chi connectivity index (χ0n) is 28.1. The van der Waals surface area contributed by atoms with Crippen LogP contribution in [0.25, 0.3) is 11.1 Å². The van der Waals surface area contributed by atoms with Crippen molar-refractivity contribution in [3.63, 3.8) is 0 Å². The minimum absolute atomic E-state index is 0.00495. The van der Waals surface area contributed by atoms with Crippen LogP contribution in [0.5, 0.6) is 5.75 Å². The number of oxazole rings is 1. The number of carbonyl (C=O) groups excluding carboxylic acids is 1. The Balaban J connectivity index is 1.35. The van der Waals surface area contributed by atoms with Gasteiger partial charge in [-0.05, 0) is 69.0 Å². The smallest absolute Gasteiger partial charge is 0.420 e. The summed E-state index contributed by atoms with van der Waals surface area (Å²) < 4.78 is 82.7. The highest BCUT2D eigenvalue weighted by molar-refractivity contribution is 7.93. The first-order valence-electron chi connectivity index (χ1n) is 15.6. The number of fused-ring (bicyclic) bond motifs is 1. The standard InChI is InChI=1S/C34H35F2N5O7S2/c1-20-13-23(46-6)12-11-22(20)16-40(30-37-19-38-49-30)50(44,45)29-15-28-27(14-26(29)35)41(32(43)47-28)21(2)24-9-7-8-10-25(24)34(36)17-39(18-34)31(42)48-33(3,4)5/h7-15,19,21H,16-18H2,1-6H3/t21-/m1/s1. The van der Waals surface area contributed by atoms with Gasteiger partial charge in [-0.1, -0.05) is 30.3 Å². The third-order valence-electron chi connectivity index (χ3n) is 8.48. The number of amides is 1. The van der Waals surface area contributed by atoms with Crippen molar-refractivity contribution in [3.8, 4) is 5.75 Å². The van der Waals surface area contributed by atoms with Gasteiger partial charge in [0.1, 0.15) is 28.4 Å². The van der Waals surface area contributed by atoms with Crippen LogP contribution in [0.1, 0.15) is 56.0 Å². The monoisotopic (exact) mass is 727 g/mol. The number of hydrogen-bond donors (Lipinski definition) is 0. The number of benzene rings is 3. The fraction of sp³-hybridized carbons (Fsp3) is 0.353. The zero-order valence-corrected chi connectivity index (χ0v) is 29.8. The van der Waals surface area contributed by atoms with Crippen LogP contribution >= 0.6 is 11.5 Å². The van der Waals surface area contributed by atoms with Crippen molar-refractivity contribution in [1.82, 2.24) is 18.8 Å². The van der Waals surface area contributed by atoms with Crippen LogP contribution in [0, 0.1) is 12.7 Å². The van der Waals surface area contributed by atoms with E-state index < -0.39 is 49.9 Å². The molecule has 1 atom stereocenters. The van der Waals surface area contributed by atoms with Gasteiger partial charge in [-0.2, -0.15) is 4.37 Å². The Kier molecular flexibility index (Phi) is 8.97. The molecule has 264 valence electrons. The Bertz CT molecular complexity index is 2240. The Morgan fingerprint density at radius 3 is 2.52 bits per heavy atom. The lowest BCUT2D eigenvalue weighted by Crippen LogP contribution is -2.60. The first-order valence-corrected chi connectivity index (χ1v) is 17.8. The Morgan fingerprint density at radius 2 is 1.88 bits per heavy atom. The van der Waals surface area contributed by atoms with Crippen LogP contribution in [-0.4, -0.2) is 59.1 Å². The number of methoxy groups -OCH3 is 1. The van der Waals surface area contributed by atoms with Crippen LogP contribution < -0.4 is 14.8 Å². The molecule has 0 radical (unpaired) electrons. The van der Waals surface area contributed by atoms with Crippen molar-refractivity contribution in [3.05, 3.63) is 99.5 Å². The van der Waals surface area contributed by atoms with Gasteiger partial charge in [0.25, 0.3) is 10.0 Å². The fourth-order valence-corrected chi connectivity index (χ4v) is 8.17. The summed E-state index contributed by atoms with van der Waals surface area (Å²) in [6.07, 6.45) is 0.556. The lowest BCUT2D eigenvalue weighted by Gasteiger charge is -2.45. The Labute approximate surface area is 291 Å². The van der Waals surface area contributed by atoms with E-state index in [0.29, 0.717) is 16.9 Å². The van der Waals surface area contributed by atoms with Crippen molar-refractivity contribution in [2.75, 3.05) is 24.5 Å². The van der Waals surface area contributed by atoms with Gasteiger partial charge < -0.3 is 18.8 Å². The van der Waals surface area contributed by atoms with Crippen LogP contribution in [0.2, 0.25) is 0 Å². The number of aromatic nitrogens is 3. The minimum atomic E-state index is -4.63. The van der Waals surface area contributed by atoms with Gasteiger partial charge in [0.05, 0.1) is 38.3 Å². The van der Waals surface area contributed by atoms with Crippen molar-refractivity contribution in [1.29, 1.82) is 0 Å². The predicted octanol–water partition coefficient (Wildman–Crippen LogP) is 6.32. The summed E-state index contributed by atoms with van der Waals surface area (Å²) in [5.41, 5.74) is -0.909. The molecule has 2 aromatic heterocycles. The lowest BCUT2D eigenvalue weighted by atomic mass is 9.83. The van der Waals surface area contributed by atoms with Crippen LogP contribution in [-0.2, 0) is 27.0 Å². The average molecular weight is 728 g/mol. The molecule has 0 spiro atoms. The largest absolute Gasteiger partial charge is 0.497 e. The number of anilines is 1. The maximum Gasteiger partial charge on any atom is 0.420 e. The van der Waals surface area contributed by atoms with E-state index in [4.69, 9.17) is 13.9 Å². The second-order valence-corrected chi connectivity index (χ2v) is 15.7. The molecule has 0 aliphatic carbocycles. The number of aryl methyl sites for hydroxylation is 1. The summed E-state index contributed by atoms with van der Waals surface area (Å²) >= 11 is 0.818. The van der Waals surface area contributed by atoms with Gasteiger partial charge in [-0.3, -0.25) is 4.57 Å². The topological polar surface area (TPSA) is 137 Å². The summed E-state index contributed by atoms with van der Waals surface area (Å²) in [7, 11) is -3.11. The number of likely N-dealkylation sites (tertiary alicyclic amines) is 1. The number of halogens is 2. The molecule has 3 aromatic carbocycles. The van der Waals surface area contributed by atoms with Gasteiger partial charge in [0.2, 0.25) is 5.13 Å². The van der Waals surface area contributed by atoms with E-state index in [1.54, 1.807) is 77.1 Å². The fourth-order valence-electron chi connectivity index (χ4n) is 5.97. The first kappa shape index (κ1) is 35.0. The third-order valence-corrected chi connectivity index (χ3v) is 11.0. The van der Waals surface area contributed by atoms with Gasteiger partial charge in [0.15, 0.2) is 11.3 Å². The first-order chi connectivity index (χ1) is 23.5. The third kappa shape index (κ3) is 6.44. The van der Waals surface area contributed by atoms with Crippen LogP contribution in [0.3, 0.4) is 0 Å². The van der Waals surface area contributed by atoms with Gasteiger partial charge in [-0.15, -0.1) is 0 Å². The van der Waals surface area contributed by atoms with Crippen LogP contribution in [0.15, 0.2) is 75.0 Å². The van der Waals surface area contributed by atoms with Crippen LogP contribution in [0.4, 0.5) is 18.7 Å². The second kappa shape index (κ2) is 12.8. The molecule has 1 aliphatic rings. The summed E-state index contributed by atoms with van der Waals surface area (Å²) in [4.78, 5) is 30.4. The number of ether oxygens (including phenoxy) is 2. The van der Waals surface area contributed by atoms with E-state index in [0.717, 1.165) is 38.1 Å². The molecule has 1 saturated heterocycles. The number of sulfonamides is 1. The molecule has 1 fully saturated rings. The number of carbonyl (C=O) groups is 1. The summed E-state index contributed by atoms with van der Waals surface area (Å²) in [5, 5.41) is 0.00495. The molecule has 16 heteroatoms. The molecule has 1 amide bonds. The molecule has 0 saturated carbocycles. The summed E-state index contributed by atoms with van der Waals surface area (Å²) in [5.74, 6) is -1.45. The molecule has 0 N–H and O–H groups in total. The van der Waals surface area contributed by atoms with E-state index in [1.165, 1.54) is 18.3 Å². The quantitative estimate of drug-likeness (QED) is 0.171. The molecule has 12 nitrogen and oxygen atoms in total. The van der Waals surface area contributed by atoms with E-state index >= 15 is 8.78 Å². The number of alkyl halides is 1. The van der Waals surface area contributed by atoms with Gasteiger partial charge >= 0.3 is 11.8 Å². The Morgan fingerprint density at radius 1 is 1.16 bits per heavy atom. The molecule has 6 rings (SSSR count). The van der Waals surface area contributed by atoms with E-state index in [2.05, 4.69) is 9.36 Å². The SMILES string of the molecule is COc1ccc(CN(c2ncns2)S(=O)(=O)c2cc3oc(=O)n([C@H](C)c4ccccc4C4(F)CN(C(=O)OC(C)(C)C)C4)c3cc2F)c(C)c1. The highest BCUT2D eigenvalue weighted by atomic mass is 32.2. The second-order valence-electron chi connectivity index (χ2n) is 13.1. The normalized spacial score (nSPS) is 15.1. The van der Waals surface area contributed by atoms with Gasteiger partial charge in [-0.25, -0.2) is 36.1 Å². The molecule has 0 unspecified atom stereocenters. The maximum atomic E-state index is 16.3. The number of nitrogens with zero attached hydrogens (tertiary/aromatic N) is 5. The number of rotatable bonds is 9. The summed E-state index contributed by atoms with van der Waals surface area (Å²) in [6.45, 7) is 7.86. The van der Waals surface area contributed by atoms with Crippen molar-refractivity contribution in [2.45, 2.75) is 63.4 Å². The Hall–Kier alpha value is -4.83. The maximum absolute atomic E-state index is 16.3. The zero-order chi connectivity index (χ0) is 36.2. The minimum Gasteiger partial charge on any atom is -0.497 e. The highest BCUT2D eigenvalue weighted by Gasteiger charge is 2.50. The van der Waals surface area contributed by atoms with E-state index in [1.807, 2.05) is 0 Å². The molecule has 0 bridgehead atoms. The highest BCUT2D eigenvalue weighted by Crippen LogP contribution is 2.41. The molecular formula is C34H35F2N5O7S2. The average Bonchev–Trinajstić information content (AvgIpc) is 3.68.